The molecule has 17 bridgehead atoms. The van der Waals surface area contributed by atoms with E-state index in [2.05, 4.69) is 31.9 Å². The first-order valence-electron chi connectivity index (χ1n) is 46.4. The van der Waals surface area contributed by atoms with Crippen LogP contribution in [0.3, 0.4) is 0 Å². The molecule has 12 aliphatic rings. The van der Waals surface area contributed by atoms with Gasteiger partial charge in [-0.25, -0.2) is 4.79 Å². The second-order valence-electron chi connectivity index (χ2n) is 36.9. The molecule has 0 saturated carbocycles. The Balaban J connectivity index is 0.908. The highest BCUT2D eigenvalue weighted by molar-refractivity contribution is 6.00. The quantitative estimate of drug-likeness (QED) is 0.0377. The molecule has 12 aliphatic heterocycles. The highest BCUT2D eigenvalue weighted by Crippen LogP contribution is 2.51. The number of ether oxygens (including phenoxy) is 16. The summed E-state index contributed by atoms with van der Waals surface area (Å²) in [6.45, 7) is -0.0572. The number of carbonyl (C=O) groups excluding carboxylic acids is 7. The number of aromatic hydroxyl groups is 4. The van der Waals surface area contributed by atoms with Crippen molar-refractivity contribution in [1.29, 1.82) is 0 Å². The van der Waals surface area contributed by atoms with Gasteiger partial charge in [-0.3, -0.25) is 28.8 Å². The maximum Gasteiger partial charge on any atom is 0.333 e. The minimum atomic E-state index is -2.60. The van der Waals surface area contributed by atoms with Gasteiger partial charge in [-0.15, -0.1) is 0 Å². The van der Waals surface area contributed by atoms with Crippen molar-refractivity contribution in [3.05, 3.63) is 166 Å². The number of hydrogen-bond donors (Lipinski definition) is 29. The van der Waals surface area contributed by atoms with E-state index in [1.54, 1.807) is 0 Å². The summed E-state index contributed by atoms with van der Waals surface area (Å²) in [7, 11) is 0.873. The first-order valence-corrected chi connectivity index (χ1v) is 46.4. The standard InChI is InChI=1S/C95H110N8O44/c1-30-47(110)18-37-20-48(30)138-49-19-35(9-16-46(49)109)59(97)84(125)102-64-68(113)33-5-11-40(12-6-33)136-51-21-38-22-52(81(51)145-95-83(76(121)72(117)56(143-95)29-133-91-78(123)73(118)67(112)32(3)135-91)147-94-82(75(120)70(115)54(27-105)142-94)146-93-77(122)71(116)55(28-106)141-93)137-41-13-7-34(8-14-41)80(144-57-25-44(96)66(111)31(2)134-57)65-89(130)101-63(90(131)132-4)43-23-39(107)24-50(139-92-79(124)74(119)69(114)53(26-104)140-92)58(43)42-17-36(10-15-45(42)108)60(85(126)103-65)98-87(128)62(38)99-86(127)61(37)100-88(64)129/h5-24,31-32,44,53-57,59-80,82-83,91-95,104-124H,25-29,96-97H2,1-4H3,(H,98,128)(H,99,127)(H,100,129)(H,101,130)(H,102,125)(H,103,126)/t31-,32-,44+,53-,54+,55-,56+,57-,59?,60?,61?,62?,63?,64?,65?,66-,67-,68?,69-,70+,71-,72+,73+,74+,75-,76-,77+,78+,79+,80?,82-,83+,91+,92+,93-,94+,95+/m1/s1. The van der Waals surface area contributed by atoms with Gasteiger partial charge in [0.05, 0.1) is 51.8 Å². The Kier molecular flexibility index (Phi) is 31.5. The monoisotopic (exact) mass is 2070 g/mol. The highest BCUT2D eigenvalue weighted by atomic mass is 16.8. The summed E-state index contributed by atoms with van der Waals surface area (Å²) in [5.41, 5.74) is 9.22. The van der Waals surface area contributed by atoms with Gasteiger partial charge in [0, 0.05) is 40.8 Å². The van der Waals surface area contributed by atoms with E-state index < -0.39 is 386 Å². The molecular formula is C95H110N8O44. The number of esters is 1. The third kappa shape index (κ3) is 21.3. The summed E-state index contributed by atoms with van der Waals surface area (Å²) in [6, 6.07) is 4.22. The number of nitrogens with two attached hydrogens (primary N) is 2. The fourth-order valence-corrected chi connectivity index (χ4v) is 18.7. The van der Waals surface area contributed by atoms with Gasteiger partial charge in [0.1, 0.15) is 192 Å². The molecule has 0 radical (unpaired) electrons. The largest absolute Gasteiger partial charge is 0.508 e. The average Bonchev–Trinajstić information content (AvgIpc) is 1.05. The van der Waals surface area contributed by atoms with E-state index >= 15 is 24.0 Å². The summed E-state index contributed by atoms with van der Waals surface area (Å²) < 4.78 is 99.8. The first kappa shape index (κ1) is 106. The molecule has 19 rings (SSSR count). The van der Waals surface area contributed by atoms with Crippen LogP contribution in [0, 0.1) is 6.92 Å². The Hall–Kier alpha value is -12.1. The summed E-state index contributed by atoms with van der Waals surface area (Å²) in [5, 5.41) is 256. The lowest BCUT2D eigenvalue weighted by atomic mass is 9.89. The number of benzene rings is 7. The van der Waals surface area contributed by atoms with Crippen molar-refractivity contribution < 1.29 is 217 Å². The Morgan fingerprint density at radius 2 is 0.898 bits per heavy atom. The maximum atomic E-state index is 17.3. The minimum Gasteiger partial charge on any atom is -0.508 e. The fraction of sp³-hybridized carbons (Fsp3) is 0.484. The summed E-state index contributed by atoms with van der Waals surface area (Å²) >= 11 is 0. The molecule has 6 amide bonds. The van der Waals surface area contributed by atoms with Gasteiger partial charge in [-0.2, -0.15) is 0 Å². The lowest BCUT2D eigenvalue weighted by molar-refractivity contribution is -0.377. The van der Waals surface area contributed by atoms with Crippen molar-refractivity contribution in [1.82, 2.24) is 31.9 Å². The Labute approximate surface area is 831 Å². The van der Waals surface area contributed by atoms with Crippen molar-refractivity contribution in [2.24, 2.45) is 11.5 Å². The number of hydrogen-bond acceptors (Lipinski definition) is 46. The van der Waals surface area contributed by atoms with Crippen LogP contribution in [-0.4, -0.2) is 366 Å². The van der Waals surface area contributed by atoms with Gasteiger partial charge in [0.15, 0.2) is 60.3 Å². The maximum absolute atomic E-state index is 17.3. The molecule has 7 aromatic carbocycles. The van der Waals surface area contributed by atoms with E-state index in [9.17, 15) is 117 Å². The highest BCUT2D eigenvalue weighted by Gasteiger charge is 2.58. The van der Waals surface area contributed by atoms with Crippen LogP contribution in [-0.2, 0) is 85.7 Å². The van der Waals surface area contributed by atoms with Crippen LogP contribution in [0.25, 0.3) is 11.1 Å². The molecule has 12 heterocycles. The SMILES string of the molecule is COC(=O)C1NC(=O)C2NC(=O)C(NC(=O)C3NC(=O)C4NC(=O)C(NC(=O)C(N)c5ccc(O)c(c5)Oc5cc4cc(O)c5C)C(O)c4ccc(cc4)Oc4cc3cc(c4O[C@@H]3O[C@@H](CO[C@H]4O[C@H](C)[C@@H](O)[C@H](O)[C@@H]4O)[C@H](O)[C@@H](O)[C@@H]3O[C@@H]3O[C@@H](CO)[C@H](O)[C@@H](O)[C@H]3O[C@H]3O[C@H](CO)[C@@H](O)[C@@H]3O)Oc3ccc(cc3)C2O[C@@H]2C[C@H](N)[C@H](O)[C@@H](C)O2)c2ccc(O)c(c2)-c2c(O[C@H]3O[C@H](CO)[C@@H](O)[C@H](O)[C@@H]3O)cc(O)cc21. The number of aliphatic hydroxyl groups excluding tert-OH is 17. The smallest absolute Gasteiger partial charge is 0.333 e. The molecular weight excluding hydrogens is 1960 g/mol. The number of aliphatic hydroxyl groups is 17. The Morgan fingerprint density at radius 3 is 1.53 bits per heavy atom. The van der Waals surface area contributed by atoms with Crippen LogP contribution in [0.4, 0.5) is 0 Å². The van der Waals surface area contributed by atoms with E-state index in [0.717, 1.165) is 98.1 Å². The van der Waals surface area contributed by atoms with E-state index in [0.29, 0.717) is 0 Å². The van der Waals surface area contributed by atoms with Gasteiger partial charge >= 0.3 is 5.97 Å². The molecule has 0 spiro atoms. The topological polar surface area (TPSA) is 816 Å². The second-order valence-corrected chi connectivity index (χ2v) is 36.9. The third-order valence-electron chi connectivity index (χ3n) is 27.2. The lowest BCUT2D eigenvalue weighted by Crippen LogP contribution is -2.66. The normalized spacial score (nSPS) is 36.1. The first-order chi connectivity index (χ1) is 70.0. The van der Waals surface area contributed by atoms with Crippen LogP contribution in [0.1, 0.15) is 107 Å². The Morgan fingerprint density at radius 1 is 0.408 bits per heavy atom. The van der Waals surface area contributed by atoms with Crippen molar-refractivity contribution >= 4 is 41.4 Å². The van der Waals surface area contributed by atoms with E-state index in [1.807, 2.05) is 0 Å². The van der Waals surface area contributed by atoms with Gasteiger partial charge in [0.25, 0.3) is 0 Å². The number of amides is 6. The van der Waals surface area contributed by atoms with Crippen LogP contribution in [0.15, 0.2) is 121 Å². The molecule has 6 saturated heterocycles. The van der Waals surface area contributed by atoms with E-state index in [-0.39, 0.29) is 39.5 Å². The number of nitrogens with one attached hydrogen (secondary N) is 6. The number of carbonyl (C=O) groups is 7. The third-order valence-corrected chi connectivity index (χ3v) is 27.2. The zero-order chi connectivity index (χ0) is 105. The summed E-state index contributed by atoms with van der Waals surface area (Å²) in [5.74, 6) is -17.8. The number of methoxy groups -OCH3 is 1. The zero-order valence-electron chi connectivity index (χ0n) is 77.9. The minimum absolute atomic E-state index is 0.0673. The van der Waals surface area contributed by atoms with Crippen LogP contribution >= 0.6 is 0 Å². The number of phenols is 4. The van der Waals surface area contributed by atoms with Crippen molar-refractivity contribution in [3.63, 3.8) is 0 Å². The molecule has 0 aromatic heterocycles. The van der Waals surface area contributed by atoms with Crippen molar-refractivity contribution in [2.45, 2.75) is 254 Å². The molecule has 6 fully saturated rings. The lowest BCUT2D eigenvalue weighted by Gasteiger charge is -2.47. The molecule has 147 heavy (non-hydrogen) atoms. The Bertz CT molecular complexity index is 6010. The number of fused-ring (bicyclic) bond motifs is 14. The van der Waals surface area contributed by atoms with Gasteiger partial charge in [-0.1, -0.05) is 36.4 Å². The van der Waals surface area contributed by atoms with E-state index in [1.165, 1.54) is 51.1 Å². The van der Waals surface area contributed by atoms with E-state index in [4.69, 9.17) is 87.3 Å². The molecule has 37 atom stereocenters. The molecule has 52 heteroatoms. The van der Waals surface area contributed by atoms with Crippen molar-refractivity contribution in [2.75, 3.05) is 33.5 Å². The predicted octanol–water partition coefficient (Wildman–Crippen LogP) is -6.50. The fourth-order valence-electron chi connectivity index (χ4n) is 18.7. The molecule has 7 aromatic rings. The van der Waals surface area contributed by atoms with Crippen molar-refractivity contribution in [3.8, 4) is 80.1 Å². The summed E-state index contributed by atoms with van der Waals surface area (Å²) in [6.07, 6.45) is -58.2. The number of rotatable bonds is 17. The predicted molar refractivity (Wildman–Crippen MR) is 483 cm³/mol. The number of phenolic OH excluding ortho intramolecular Hbond substituents is 4. The van der Waals surface area contributed by atoms with Crippen LogP contribution in [0.5, 0.6) is 69.0 Å². The molecule has 0 aliphatic carbocycles. The van der Waals surface area contributed by atoms with Crippen LogP contribution in [0.2, 0.25) is 0 Å². The molecule has 31 N–H and O–H groups in total. The van der Waals surface area contributed by atoms with Gasteiger partial charge in [-0.05, 0) is 133 Å². The average molecular weight is 2070 g/mol. The summed E-state index contributed by atoms with van der Waals surface area (Å²) in [4.78, 5) is 113. The zero-order valence-corrected chi connectivity index (χ0v) is 77.9. The van der Waals surface area contributed by atoms with Gasteiger partial charge < -0.3 is 226 Å². The van der Waals surface area contributed by atoms with Crippen LogP contribution < -0.4 is 67.1 Å². The molecule has 9 unspecified atom stereocenters. The van der Waals surface area contributed by atoms with Gasteiger partial charge in [0.2, 0.25) is 53.8 Å². The molecule has 794 valence electrons. The second kappa shape index (κ2) is 43.6. The molecule has 52 nitrogen and oxygen atoms in total.